The molecule has 0 amide bonds. The number of fused-ring (bicyclic) bond motifs is 1. The molecule has 0 unspecified atom stereocenters. The number of halogens is 1. The molecule has 3 heteroatoms. The number of hydrogen-bond acceptors (Lipinski definition) is 2. The third-order valence-corrected chi connectivity index (χ3v) is 4.04. The van der Waals surface area contributed by atoms with E-state index in [1.54, 1.807) is 0 Å². The maximum absolute atomic E-state index is 6.33. The van der Waals surface area contributed by atoms with Crippen LogP contribution in [0.3, 0.4) is 0 Å². The molecule has 2 N–H and O–H groups in total. The van der Waals surface area contributed by atoms with Crippen LogP contribution in [0.5, 0.6) is 0 Å². The van der Waals surface area contributed by atoms with Crippen molar-refractivity contribution in [1.82, 2.24) is 4.98 Å². The highest BCUT2D eigenvalue weighted by Crippen LogP contribution is 2.34. The summed E-state index contributed by atoms with van der Waals surface area (Å²) in [5, 5.41) is 1.01. The third kappa shape index (κ3) is 2.08. The number of pyridine rings is 1. The quantitative estimate of drug-likeness (QED) is 0.693. The third-order valence-electron chi connectivity index (χ3n) is 3.59. The van der Waals surface area contributed by atoms with Crippen molar-refractivity contribution >= 4 is 32.5 Å². The van der Waals surface area contributed by atoms with E-state index in [0.717, 1.165) is 43.4 Å². The van der Waals surface area contributed by atoms with Crippen molar-refractivity contribution < 1.29 is 0 Å². The van der Waals surface area contributed by atoms with Gasteiger partial charge in [-0.25, -0.2) is 4.98 Å². The van der Waals surface area contributed by atoms with Crippen molar-refractivity contribution in [2.24, 2.45) is 0 Å². The summed E-state index contributed by atoms with van der Waals surface area (Å²) in [7, 11) is 0. The number of nitrogens with two attached hydrogens (primary N) is 1. The number of hydrogen-bond donors (Lipinski definition) is 1. The van der Waals surface area contributed by atoms with Gasteiger partial charge in [0.2, 0.25) is 0 Å². The van der Waals surface area contributed by atoms with Gasteiger partial charge in [-0.3, -0.25) is 0 Å². The van der Waals surface area contributed by atoms with Gasteiger partial charge in [0.15, 0.2) is 0 Å². The first-order valence-electron chi connectivity index (χ1n) is 6.49. The van der Waals surface area contributed by atoms with Crippen LogP contribution in [0.4, 0.5) is 5.69 Å². The Balaban J connectivity index is 2.39. The normalized spacial score (nSPS) is 10.9. The minimum absolute atomic E-state index is 0.804. The molecule has 2 nitrogen and oxygen atoms in total. The van der Waals surface area contributed by atoms with Crippen molar-refractivity contribution in [2.75, 3.05) is 5.73 Å². The van der Waals surface area contributed by atoms with E-state index in [2.05, 4.69) is 41.1 Å². The van der Waals surface area contributed by atoms with Gasteiger partial charge in [0, 0.05) is 21.1 Å². The Morgan fingerprint density at radius 2 is 1.75 bits per heavy atom. The van der Waals surface area contributed by atoms with E-state index in [4.69, 9.17) is 10.7 Å². The van der Waals surface area contributed by atoms with Gasteiger partial charge in [-0.2, -0.15) is 0 Å². The van der Waals surface area contributed by atoms with Crippen LogP contribution in [0.25, 0.3) is 22.2 Å². The van der Waals surface area contributed by atoms with Crippen molar-refractivity contribution in [1.29, 1.82) is 0 Å². The molecular formula is C17H15BrN2. The Labute approximate surface area is 126 Å². The Bertz CT molecular complexity index is 795. The molecule has 0 spiro atoms. The molecule has 0 bridgehead atoms. The molecule has 100 valence electrons. The molecule has 0 aliphatic rings. The first kappa shape index (κ1) is 13.1. The SMILES string of the molecule is Cc1c(-c2ccccc2)nc2c(C)cc(Br)cc2c1N. The standard InChI is InChI=1S/C17H15BrN2/c1-10-8-13(18)9-14-15(19)11(2)17(20-16(10)14)12-6-4-3-5-7-12/h3-9H,1-2H3,(H2,19,20). The summed E-state index contributed by atoms with van der Waals surface area (Å²) in [6.45, 7) is 4.09. The van der Waals surface area contributed by atoms with Crippen LogP contribution in [0.1, 0.15) is 11.1 Å². The zero-order valence-corrected chi connectivity index (χ0v) is 13.0. The molecule has 0 fully saturated rings. The fourth-order valence-corrected chi connectivity index (χ4v) is 3.06. The summed E-state index contributed by atoms with van der Waals surface area (Å²) in [5.74, 6) is 0. The Kier molecular flexibility index (Phi) is 3.22. The van der Waals surface area contributed by atoms with Crippen LogP contribution in [-0.4, -0.2) is 4.98 Å². The minimum Gasteiger partial charge on any atom is -0.398 e. The van der Waals surface area contributed by atoms with Gasteiger partial charge in [-0.05, 0) is 37.1 Å². The highest BCUT2D eigenvalue weighted by Gasteiger charge is 2.12. The Morgan fingerprint density at radius 3 is 2.45 bits per heavy atom. The summed E-state index contributed by atoms with van der Waals surface area (Å²) >= 11 is 3.52. The molecule has 3 rings (SSSR count). The number of anilines is 1. The molecule has 0 atom stereocenters. The maximum Gasteiger partial charge on any atom is 0.0760 e. The van der Waals surface area contributed by atoms with Crippen LogP contribution in [0.2, 0.25) is 0 Å². The van der Waals surface area contributed by atoms with Crippen molar-refractivity contribution in [3.63, 3.8) is 0 Å². The van der Waals surface area contributed by atoms with Crippen molar-refractivity contribution in [3.05, 3.63) is 58.1 Å². The van der Waals surface area contributed by atoms with Crippen molar-refractivity contribution in [2.45, 2.75) is 13.8 Å². The second-order valence-corrected chi connectivity index (χ2v) is 5.90. The van der Waals surface area contributed by atoms with Gasteiger partial charge < -0.3 is 5.73 Å². The number of aryl methyl sites for hydroxylation is 1. The minimum atomic E-state index is 0.804. The molecule has 2 aromatic carbocycles. The molecule has 0 saturated carbocycles. The number of aromatic nitrogens is 1. The summed E-state index contributed by atoms with van der Waals surface area (Å²) in [4.78, 5) is 4.85. The first-order valence-corrected chi connectivity index (χ1v) is 7.28. The summed E-state index contributed by atoms with van der Waals surface area (Å²) in [6, 6.07) is 14.3. The zero-order chi connectivity index (χ0) is 14.3. The van der Waals surface area contributed by atoms with Gasteiger partial charge >= 0.3 is 0 Å². The van der Waals surface area contributed by atoms with E-state index in [1.165, 1.54) is 0 Å². The fraction of sp³-hybridized carbons (Fsp3) is 0.118. The second kappa shape index (κ2) is 4.91. The number of rotatable bonds is 1. The molecule has 3 aromatic rings. The lowest BCUT2D eigenvalue weighted by Gasteiger charge is -2.13. The molecule has 0 saturated heterocycles. The van der Waals surface area contributed by atoms with Gasteiger partial charge in [0.05, 0.1) is 11.2 Å². The summed E-state index contributed by atoms with van der Waals surface area (Å²) < 4.78 is 1.03. The number of nitrogens with zero attached hydrogens (tertiary/aromatic N) is 1. The smallest absolute Gasteiger partial charge is 0.0760 e. The largest absolute Gasteiger partial charge is 0.398 e. The molecule has 20 heavy (non-hydrogen) atoms. The number of nitrogen functional groups attached to an aromatic ring is 1. The van der Waals surface area contributed by atoms with Crippen molar-refractivity contribution in [3.8, 4) is 11.3 Å². The summed E-state index contributed by atoms with van der Waals surface area (Å²) in [5.41, 5.74) is 12.3. The van der Waals surface area contributed by atoms with Crippen LogP contribution >= 0.6 is 15.9 Å². The average molecular weight is 327 g/mol. The van der Waals surface area contributed by atoms with E-state index in [1.807, 2.05) is 31.2 Å². The first-order chi connectivity index (χ1) is 9.58. The predicted molar refractivity (Wildman–Crippen MR) is 88.8 cm³/mol. The van der Waals surface area contributed by atoms with Crippen LogP contribution in [-0.2, 0) is 0 Å². The molecule has 0 aliphatic heterocycles. The highest BCUT2D eigenvalue weighted by molar-refractivity contribution is 9.10. The van der Waals surface area contributed by atoms with E-state index < -0.39 is 0 Å². The number of benzene rings is 2. The van der Waals surface area contributed by atoms with E-state index in [-0.39, 0.29) is 0 Å². The van der Waals surface area contributed by atoms with E-state index in [9.17, 15) is 0 Å². The maximum atomic E-state index is 6.33. The predicted octanol–water partition coefficient (Wildman–Crippen LogP) is 4.86. The lowest BCUT2D eigenvalue weighted by molar-refractivity contribution is 1.31. The molecule has 0 aliphatic carbocycles. The topological polar surface area (TPSA) is 38.9 Å². The second-order valence-electron chi connectivity index (χ2n) is 4.98. The Hall–Kier alpha value is -1.87. The van der Waals surface area contributed by atoms with Gasteiger partial charge in [0.25, 0.3) is 0 Å². The Morgan fingerprint density at radius 1 is 1.05 bits per heavy atom. The molecule has 1 aromatic heterocycles. The molecule has 0 radical (unpaired) electrons. The van der Waals surface area contributed by atoms with E-state index in [0.29, 0.717) is 0 Å². The van der Waals surface area contributed by atoms with Crippen LogP contribution < -0.4 is 5.73 Å². The van der Waals surface area contributed by atoms with E-state index >= 15 is 0 Å². The molecular weight excluding hydrogens is 312 g/mol. The monoisotopic (exact) mass is 326 g/mol. The molecule has 1 heterocycles. The average Bonchev–Trinajstić information content (AvgIpc) is 2.44. The lowest BCUT2D eigenvalue weighted by Crippen LogP contribution is -1.99. The van der Waals surface area contributed by atoms with Gasteiger partial charge in [-0.1, -0.05) is 46.3 Å². The van der Waals surface area contributed by atoms with Crippen LogP contribution in [0.15, 0.2) is 46.9 Å². The lowest BCUT2D eigenvalue weighted by atomic mass is 10.0. The van der Waals surface area contributed by atoms with Gasteiger partial charge in [-0.15, -0.1) is 0 Å². The van der Waals surface area contributed by atoms with Crippen LogP contribution in [0, 0.1) is 13.8 Å². The highest BCUT2D eigenvalue weighted by atomic mass is 79.9. The summed E-state index contributed by atoms with van der Waals surface area (Å²) in [6.07, 6.45) is 0. The van der Waals surface area contributed by atoms with Gasteiger partial charge in [0.1, 0.15) is 0 Å². The fourth-order valence-electron chi connectivity index (χ4n) is 2.49. The zero-order valence-electron chi connectivity index (χ0n) is 11.4.